The Balaban J connectivity index is 1.99. The van der Waals surface area contributed by atoms with Crippen molar-refractivity contribution in [3.8, 4) is 0 Å². The Morgan fingerprint density at radius 2 is 1.47 bits per heavy atom. The molecule has 0 spiro atoms. The maximum absolute atomic E-state index is 5.55. The Hall–Kier alpha value is -0.720. The highest BCUT2D eigenvalue weighted by molar-refractivity contribution is 5.24. The lowest BCUT2D eigenvalue weighted by Gasteiger charge is -2.01. The van der Waals surface area contributed by atoms with E-state index >= 15 is 0 Å². The summed E-state index contributed by atoms with van der Waals surface area (Å²) in [4.78, 5) is 0. The van der Waals surface area contributed by atoms with E-state index in [-0.39, 0.29) is 0 Å². The summed E-state index contributed by atoms with van der Waals surface area (Å²) in [6.07, 6.45) is 14.0. The first kappa shape index (κ1) is 14.3. The van der Waals surface area contributed by atoms with Crippen molar-refractivity contribution in [2.45, 2.75) is 78.6 Å². The SMILES string of the molecule is CCCCCCCCCCc1occ(C)c1C. The second-order valence-electron chi connectivity index (χ2n) is 5.19. The summed E-state index contributed by atoms with van der Waals surface area (Å²) in [5.41, 5.74) is 2.65. The Morgan fingerprint density at radius 1 is 0.882 bits per heavy atom. The first-order valence-corrected chi connectivity index (χ1v) is 7.29. The van der Waals surface area contributed by atoms with Gasteiger partial charge in [-0.1, -0.05) is 51.9 Å². The van der Waals surface area contributed by atoms with E-state index in [9.17, 15) is 0 Å². The van der Waals surface area contributed by atoms with Crippen molar-refractivity contribution in [2.75, 3.05) is 0 Å². The van der Waals surface area contributed by atoms with Crippen LogP contribution in [0.1, 0.15) is 75.2 Å². The normalized spacial score (nSPS) is 11.0. The monoisotopic (exact) mass is 236 g/mol. The minimum Gasteiger partial charge on any atom is -0.469 e. The molecule has 1 heterocycles. The number of rotatable bonds is 9. The molecule has 98 valence electrons. The number of aryl methyl sites for hydroxylation is 2. The fraction of sp³-hybridized carbons (Fsp3) is 0.750. The van der Waals surface area contributed by atoms with Crippen LogP contribution in [0.3, 0.4) is 0 Å². The third-order valence-electron chi connectivity index (χ3n) is 3.65. The summed E-state index contributed by atoms with van der Waals surface area (Å²) in [6, 6.07) is 0. The largest absolute Gasteiger partial charge is 0.469 e. The van der Waals surface area contributed by atoms with Crippen molar-refractivity contribution in [1.82, 2.24) is 0 Å². The molecule has 1 heteroatoms. The predicted molar refractivity (Wildman–Crippen MR) is 74.5 cm³/mol. The lowest BCUT2D eigenvalue weighted by molar-refractivity contribution is 0.487. The molecule has 0 atom stereocenters. The van der Waals surface area contributed by atoms with E-state index in [4.69, 9.17) is 4.42 Å². The number of hydrogen-bond donors (Lipinski definition) is 0. The van der Waals surface area contributed by atoms with Crippen LogP contribution in [0, 0.1) is 13.8 Å². The van der Waals surface area contributed by atoms with E-state index in [1.165, 1.54) is 68.3 Å². The molecule has 1 rings (SSSR count). The van der Waals surface area contributed by atoms with Crippen LogP contribution < -0.4 is 0 Å². The molecule has 0 fully saturated rings. The molecule has 0 aliphatic carbocycles. The van der Waals surface area contributed by atoms with Crippen molar-refractivity contribution >= 4 is 0 Å². The van der Waals surface area contributed by atoms with Gasteiger partial charge in [-0.25, -0.2) is 0 Å². The van der Waals surface area contributed by atoms with E-state index in [2.05, 4.69) is 20.8 Å². The van der Waals surface area contributed by atoms with E-state index < -0.39 is 0 Å². The lowest BCUT2D eigenvalue weighted by Crippen LogP contribution is -1.87. The third kappa shape index (κ3) is 5.43. The minimum atomic E-state index is 1.12. The molecule has 1 nitrogen and oxygen atoms in total. The summed E-state index contributed by atoms with van der Waals surface area (Å²) in [5, 5.41) is 0. The van der Waals surface area contributed by atoms with E-state index in [0.29, 0.717) is 0 Å². The zero-order chi connectivity index (χ0) is 12.5. The molecule has 0 aliphatic heterocycles. The summed E-state index contributed by atoms with van der Waals surface area (Å²) < 4.78 is 5.55. The van der Waals surface area contributed by atoms with Crippen molar-refractivity contribution in [2.24, 2.45) is 0 Å². The first-order valence-electron chi connectivity index (χ1n) is 7.29. The Kier molecular flexibility index (Phi) is 7.07. The summed E-state index contributed by atoms with van der Waals surface area (Å²) in [6.45, 7) is 6.56. The second-order valence-corrected chi connectivity index (χ2v) is 5.19. The highest BCUT2D eigenvalue weighted by atomic mass is 16.3. The van der Waals surface area contributed by atoms with Crippen LogP contribution >= 0.6 is 0 Å². The van der Waals surface area contributed by atoms with Gasteiger partial charge in [-0.2, -0.15) is 0 Å². The van der Waals surface area contributed by atoms with Gasteiger partial charge in [0.15, 0.2) is 0 Å². The highest BCUT2D eigenvalue weighted by Gasteiger charge is 2.05. The van der Waals surface area contributed by atoms with E-state index in [1.807, 2.05) is 6.26 Å². The van der Waals surface area contributed by atoms with Crippen LogP contribution in [0.25, 0.3) is 0 Å². The van der Waals surface area contributed by atoms with Gasteiger partial charge < -0.3 is 4.42 Å². The molecule has 0 amide bonds. The standard InChI is InChI=1S/C16H28O/c1-4-5-6-7-8-9-10-11-12-16-15(3)14(2)13-17-16/h13H,4-12H2,1-3H3. The molecular weight excluding hydrogens is 208 g/mol. The second kappa shape index (κ2) is 8.38. The number of unbranched alkanes of at least 4 members (excludes halogenated alkanes) is 7. The van der Waals surface area contributed by atoms with Crippen LogP contribution in [0.5, 0.6) is 0 Å². The Morgan fingerprint density at radius 3 is 2.00 bits per heavy atom. The van der Waals surface area contributed by atoms with Gasteiger partial charge in [-0.15, -0.1) is 0 Å². The van der Waals surface area contributed by atoms with Gasteiger partial charge in [-0.3, -0.25) is 0 Å². The summed E-state index contributed by atoms with van der Waals surface area (Å²) >= 11 is 0. The van der Waals surface area contributed by atoms with Crippen LogP contribution in [-0.4, -0.2) is 0 Å². The van der Waals surface area contributed by atoms with Gasteiger partial charge in [0, 0.05) is 6.42 Å². The van der Waals surface area contributed by atoms with Gasteiger partial charge in [0.1, 0.15) is 5.76 Å². The molecule has 0 radical (unpaired) electrons. The van der Waals surface area contributed by atoms with Crippen molar-refractivity contribution < 1.29 is 4.42 Å². The molecular formula is C16H28O. The Bertz CT molecular complexity index is 298. The summed E-state index contributed by atoms with van der Waals surface area (Å²) in [5.74, 6) is 1.20. The topological polar surface area (TPSA) is 13.1 Å². The number of hydrogen-bond acceptors (Lipinski definition) is 1. The molecule has 0 aliphatic rings. The minimum absolute atomic E-state index is 1.12. The molecule has 0 unspecified atom stereocenters. The molecule has 1 aromatic heterocycles. The maximum Gasteiger partial charge on any atom is 0.106 e. The lowest BCUT2D eigenvalue weighted by atomic mass is 10.1. The molecule has 17 heavy (non-hydrogen) atoms. The van der Waals surface area contributed by atoms with E-state index in [1.54, 1.807) is 0 Å². The van der Waals surface area contributed by atoms with Crippen LogP contribution in [0.2, 0.25) is 0 Å². The zero-order valence-corrected chi connectivity index (χ0v) is 11.8. The average molecular weight is 236 g/mol. The Labute approximate surface area is 107 Å². The third-order valence-corrected chi connectivity index (χ3v) is 3.65. The quantitative estimate of drug-likeness (QED) is 0.510. The van der Waals surface area contributed by atoms with Crippen molar-refractivity contribution in [3.05, 3.63) is 23.2 Å². The van der Waals surface area contributed by atoms with Gasteiger partial charge in [0.25, 0.3) is 0 Å². The van der Waals surface area contributed by atoms with E-state index in [0.717, 1.165) is 6.42 Å². The first-order chi connectivity index (χ1) is 8.25. The predicted octanol–water partition coefficient (Wildman–Crippen LogP) is 5.58. The van der Waals surface area contributed by atoms with Crippen LogP contribution in [-0.2, 0) is 6.42 Å². The van der Waals surface area contributed by atoms with Gasteiger partial charge >= 0.3 is 0 Å². The molecule has 0 N–H and O–H groups in total. The molecule has 1 aromatic rings. The van der Waals surface area contributed by atoms with Crippen LogP contribution in [0.4, 0.5) is 0 Å². The van der Waals surface area contributed by atoms with Crippen LogP contribution in [0.15, 0.2) is 10.7 Å². The smallest absolute Gasteiger partial charge is 0.106 e. The molecule has 0 bridgehead atoms. The maximum atomic E-state index is 5.55. The zero-order valence-electron chi connectivity index (χ0n) is 11.8. The fourth-order valence-corrected chi connectivity index (χ4v) is 2.22. The van der Waals surface area contributed by atoms with Gasteiger partial charge in [0.2, 0.25) is 0 Å². The molecule has 0 saturated carbocycles. The molecule has 0 saturated heterocycles. The van der Waals surface area contributed by atoms with Gasteiger partial charge in [0.05, 0.1) is 6.26 Å². The average Bonchev–Trinajstić information content (AvgIpc) is 2.64. The van der Waals surface area contributed by atoms with Crippen molar-refractivity contribution in [1.29, 1.82) is 0 Å². The number of furan rings is 1. The molecule has 0 aromatic carbocycles. The van der Waals surface area contributed by atoms with Gasteiger partial charge in [-0.05, 0) is 31.4 Å². The highest BCUT2D eigenvalue weighted by Crippen LogP contribution is 2.18. The fourth-order valence-electron chi connectivity index (χ4n) is 2.22. The van der Waals surface area contributed by atoms with Crippen molar-refractivity contribution in [3.63, 3.8) is 0 Å². The summed E-state index contributed by atoms with van der Waals surface area (Å²) in [7, 11) is 0.